The molecule has 6 nitrogen and oxygen atoms in total. The van der Waals surface area contributed by atoms with Gasteiger partial charge in [-0.3, -0.25) is 4.79 Å². The first kappa shape index (κ1) is 12.8. The lowest BCUT2D eigenvalue weighted by Crippen LogP contribution is -2.36. The van der Waals surface area contributed by atoms with Crippen molar-refractivity contribution in [2.75, 3.05) is 18.9 Å². The third kappa shape index (κ3) is 2.07. The number of hydrogen-bond acceptors (Lipinski definition) is 4. The van der Waals surface area contributed by atoms with Gasteiger partial charge < -0.3 is 20.4 Å². The van der Waals surface area contributed by atoms with E-state index in [0.29, 0.717) is 25.5 Å². The van der Waals surface area contributed by atoms with E-state index < -0.39 is 0 Å². The smallest absolute Gasteiger partial charge is 0.220 e. The van der Waals surface area contributed by atoms with Crippen molar-refractivity contribution in [1.82, 2.24) is 14.9 Å². The minimum atomic E-state index is 0.0965. The minimum Gasteiger partial charge on any atom is -0.492 e. The number of piperidine rings is 1. The highest BCUT2D eigenvalue weighted by Gasteiger charge is 2.24. The molecule has 2 aromatic rings. The van der Waals surface area contributed by atoms with Crippen LogP contribution in [0.2, 0.25) is 0 Å². The van der Waals surface area contributed by atoms with Gasteiger partial charge in [-0.25, -0.2) is 4.98 Å². The van der Waals surface area contributed by atoms with Crippen molar-refractivity contribution in [2.45, 2.75) is 25.8 Å². The van der Waals surface area contributed by atoms with Crippen molar-refractivity contribution in [1.29, 1.82) is 0 Å². The van der Waals surface area contributed by atoms with Crippen LogP contribution in [0.1, 0.15) is 25.8 Å². The molecule has 1 unspecified atom stereocenters. The van der Waals surface area contributed by atoms with E-state index in [4.69, 9.17) is 10.5 Å². The van der Waals surface area contributed by atoms with Crippen LogP contribution in [0.3, 0.4) is 0 Å². The average Bonchev–Trinajstić information content (AvgIpc) is 2.78. The summed E-state index contributed by atoms with van der Waals surface area (Å²) in [7, 11) is 0. The number of fused-ring (bicyclic) bond motifs is 1. The van der Waals surface area contributed by atoms with Gasteiger partial charge in [-0.1, -0.05) is 6.07 Å². The van der Waals surface area contributed by atoms with Crippen LogP contribution in [0.15, 0.2) is 18.2 Å². The van der Waals surface area contributed by atoms with Crippen LogP contribution in [0.5, 0.6) is 5.75 Å². The predicted octanol–water partition coefficient (Wildman–Crippen LogP) is 1.47. The highest BCUT2D eigenvalue weighted by Crippen LogP contribution is 2.31. The number of aromatic nitrogens is 2. The molecule has 1 aliphatic heterocycles. The van der Waals surface area contributed by atoms with Crippen molar-refractivity contribution in [2.24, 2.45) is 0 Å². The van der Waals surface area contributed by atoms with Gasteiger partial charge in [0.1, 0.15) is 11.3 Å². The summed E-state index contributed by atoms with van der Waals surface area (Å²) in [6, 6.07) is 5.96. The van der Waals surface area contributed by atoms with Gasteiger partial charge in [0, 0.05) is 13.0 Å². The van der Waals surface area contributed by atoms with Gasteiger partial charge in [0.2, 0.25) is 11.9 Å². The van der Waals surface area contributed by atoms with Gasteiger partial charge in [-0.2, -0.15) is 0 Å². The summed E-state index contributed by atoms with van der Waals surface area (Å²) in [6.45, 7) is 3.12. The Hall–Kier alpha value is -2.24. The largest absolute Gasteiger partial charge is 0.492 e. The number of amides is 1. The van der Waals surface area contributed by atoms with E-state index in [-0.39, 0.29) is 11.9 Å². The Labute approximate surface area is 116 Å². The SMILES string of the molecule is CCOc1cccc2c1nc(N)n2C1CCC(=O)NC1. The first-order valence-electron chi connectivity index (χ1n) is 6.86. The summed E-state index contributed by atoms with van der Waals surface area (Å²) >= 11 is 0. The zero-order valence-corrected chi connectivity index (χ0v) is 11.4. The second kappa shape index (κ2) is 5.03. The summed E-state index contributed by atoms with van der Waals surface area (Å²) in [5.41, 5.74) is 7.80. The Balaban J connectivity index is 2.04. The van der Waals surface area contributed by atoms with Crippen LogP contribution < -0.4 is 15.8 Å². The summed E-state index contributed by atoms with van der Waals surface area (Å²) in [5, 5.41) is 2.88. The monoisotopic (exact) mass is 274 g/mol. The molecule has 0 radical (unpaired) electrons. The Bertz CT molecular complexity index is 640. The number of benzene rings is 1. The first-order chi connectivity index (χ1) is 9.70. The number of carbonyl (C=O) groups excluding carboxylic acids is 1. The van der Waals surface area contributed by atoms with Crippen LogP contribution in [0.4, 0.5) is 5.95 Å². The Morgan fingerprint density at radius 3 is 3.10 bits per heavy atom. The number of rotatable bonds is 3. The highest BCUT2D eigenvalue weighted by atomic mass is 16.5. The molecular formula is C14H18N4O2. The molecule has 106 valence electrons. The molecule has 0 saturated carbocycles. The molecule has 3 rings (SSSR count). The zero-order chi connectivity index (χ0) is 14.1. The first-order valence-corrected chi connectivity index (χ1v) is 6.86. The number of imidazole rings is 1. The third-order valence-corrected chi connectivity index (χ3v) is 3.61. The summed E-state index contributed by atoms with van der Waals surface area (Å²) in [4.78, 5) is 15.7. The summed E-state index contributed by atoms with van der Waals surface area (Å²) in [5.74, 6) is 1.31. The number of nitrogens with zero attached hydrogens (tertiary/aromatic N) is 2. The van der Waals surface area contributed by atoms with Crippen molar-refractivity contribution in [3.8, 4) is 5.75 Å². The molecule has 0 bridgehead atoms. The van der Waals surface area contributed by atoms with E-state index in [1.54, 1.807) is 0 Å². The van der Waals surface area contributed by atoms with Crippen molar-refractivity contribution in [3.63, 3.8) is 0 Å². The minimum absolute atomic E-state index is 0.0965. The summed E-state index contributed by atoms with van der Waals surface area (Å²) < 4.78 is 7.59. The zero-order valence-electron chi connectivity index (χ0n) is 11.4. The number of ether oxygens (including phenoxy) is 1. The Morgan fingerprint density at radius 2 is 2.40 bits per heavy atom. The lowest BCUT2D eigenvalue weighted by Gasteiger charge is -2.25. The van der Waals surface area contributed by atoms with E-state index in [1.165, 1.54) is 0 Å². The molecule has 2 heterocycles. The number of carbonyl (C=O) groups is 1. The second-order valence-corrected chi connectivity index (χ2v) is 4.89. The van der Waals surface area contributed by atoms with Crippen molar-refractivity contribution < 1.29 is 9.53 Å². The second-order valence-electron chi connectivity index (χ2n) is 4.89. The predicted molar refractivity (Wildman–Crippen MR) is 76.6 cm³/mol. The van der Waals surface area contributed by atoms with E-state index in [0.717, 1.165) is 23.2 Å². The molecular weight excluding hydrogens is 256 g/mol. The molecule has 1 aromatic heterocycles. The molecule has 20 heavy (non-hydrogen) atoms. The molecule has 1 amide bonds. The fourth-order valence-electron chi connectivity index (χ4n) is 2.71. The maximum atomic E-state index is 11.3. The molecule has 1 aliphatic rings. The summed E-state index contributed by atoms with van der Waals surface area (Å²) in [6.07, 6.45) is 1.30. The maximum Gasteiger partial charge on any atom is 0.220 e. The van der Waals surface area contributed by atoms with Crippen LogP contribution in [-0.2, 0) is 4.79 Å². The molecule has 1 fully saturated rings. The number of nitrogens with two attached hydrogens (primary N) is 1. The fourth-order valence-corrected chi connectivity index (χ4v) is 2.71. The Kier molecular flexibility index (Phi) is 3.22. The van der Waals surface area contributed by atoms with Gasteiger partial charge in [0.25, 0.3) is 0 Å². The van der Waals surface area contributed by atoms with E-state index in [2.05, 4.69) is 10.3 Å². The fraction of sp³-hybridized carbons (Fsp3) is 0.429. The highest BCUT2D eigenvalue weighted by molar-refractivity contribution is 5.85. The number of para-hydroxylation sites is 1. The van der Waals surface area contributed by atoms with Crippen LogP contribution in [-0.4, -0.2) is 28.6 Å². The van der Waals surface area contributed by atoms with E-state index in [9.17, 15) is 4.79 Å². The topological polar surface area (TPSA) is 82.2 Å². The number of hydrogen-bond donors (Lipinski definition) is 2. The molecule has 6 heteroatoms. The van der Waals surface area contributed by atoms with Gasteiger partial charge >= 0.3 is 0 Å². The molecule has 1 saturated heterocycles. The third-order valence-electron chi connectivity index (χ3n) is 3.61. The van der Waals surface area contributed by atoms with Gasteiger partial charge in [-0.15, -0.1) is 0 Å². The number of nitrogen functional groups attached to an aromatic ring is 1. The van der Waals surface area contributed by atoms with Crippen LogP contribution >= 0.6 is 0 Å². The van der Waals surface area contributed by atoms with Gasteiger partial charge in [-0.05, 0) is 25.5 Å². The van der Waals surface area contributed by atoms with Gasteiger partial charge in [0.05, 0.1) is 18.2 Å². The van der Waals surface area contributed by atoms with Gasteiger partial charge in [0.15, 0.2) is 0 Å². The van der Waals surface area contributed by atoms with Crippen molar-refractivity contribution >= 4 is 22.9 Å². The van der Waals surface area contributed by atoms with E-state index in [1.807, 2.05) is 29.7 Å². The quantitative estimate of drug-likeness (QED) is 0.888. The van der Waals surface area contributed by atoms with Crippen LogP contribution in [0, 0.1) is 0 Å². The molecule has 0 aliphatic carbocycles. The lowest BCUT2D eigenvalue weighted by atomic mass is 10.1. The lowest BCUT2D eigenvalue weighted by molar-refractivity contribution is -0.122. The number of anilines is 1. The molecule has 0 spiro atoms. The number of nitrogens with one attached hydrogen (secondary N) is 1. The van der Waals surface area contributed by atoms with E-state index >= 15 is 0 Å². The molecule has 1 aromatic carbocycles. The normalized spacial score (nSPS) is 19.1. The van der Waals surface area contributed by atoms with Crippen LogP contribution in [0.25, 0.3) is 11.0 Å². The molecule has 3 N–H and O–H groups in total. The average molecular weight is 274 g/mol. The maximum absolute atomic E-state index is 11.3. The molecule has 1 atom stereocenters. The Morgan fingerprint density at radius 1 is 1.55 bits per heavy atom. The van der Waals surface area contributed by atoms with Crippen molar-refractivity contribution in [3.05, 3.63) is 18.2 Å². The standard InChI is InChI=1S/C14H18N4O2/c1-2-20-11-5-3-4-10-13(11)17-14(15)18(10)9-6-7-12(19)16-8-9/h3-5,9H,2,6-8H2,1H3,(H2,15,17)(H,16,19).